The summed E-state index contributed by atoms with van der Waals surface area (Å²) in [5.41, 5.74) is 0.630. The van der Waals surface area contributed by atoms with E-state index in [2.05, 4.69) is 16.9 Å². The van der Waals surface area contributed by atoms with E-state index in [-0.39, 0.29) is 29.5 Å². The molecule has 0 radical (unpaired) electrons. The maximum atomic E-state index is 15.6. The molecule has 5 nitrogen and oxygen atoms in total. The third-order valence-electron chi connectivity index (χ3n) is 8.68. The molecule has 1 unspecified atom stereocenters. The maximum absolute atomic E-state index is 15.6. The van der Waals surface area contributed by atoms with Crippen LogP contribution in [0.2, 0.25) is 0 Å². The van der Waals surface area contributed by atoms with Crippen LogP contribution in [0.15, 0.2) is 48.8 Å². The lowest BCUT2D eigenvalue weighted by molar-refractivity contribution is -0.134. The summed E-state index contributed by atoms with van der Waals surface area (Å²) < 4.78 is 57.3. The van der Waals surface area contributed by atoms with Crippen LogP contribution in [0, 0.1) is 11.7 Å². The Morgan fingerprint density at radius 2 is 1.52 bits per heavy atom. The Balaban J connectivity index is 1.14. The zero-order valence-corrected chi connectivity index (χ0v) is 25.6. The number of alkyl halides is 2. The number of aromatic nitrogens is 2. The third-order valence-corrected chi connectivity index (χ3v) is 8.68. The monoisotopic (exact) mass is 608 g/mol. The number of unbranched alkanes of at least 4 members (excludes halogenated alkanes) is 8. The highest BCUT2D eigenvalue weighted by Gasteiger charge is 2.53. The van der Waals surface area contributed by atoms with Crippen molar-refractivity contribution in [2.45, 2.75) is 115 Å². The molecule has 1 aliphatic carbocycles. The van der Waals surface area contributed by atoms with Gasteiger partial charge in [-0.3, -0.25) is 4.79 Å². The Kier molecular flexibility index (Phi) is 10.9. The molecule has 1 atom stereocenters. The molecule has 1 fully saturated rings. The molecule has 0 N–H and O–H groups in total. The van der Waals surface area contributed by atoms with Gasteiger partial charge in [0, 0.05) is 24.4 Å². The minimum Gasteiger partial charge on any atom is -0.483 e. The second-order valence-corrected chi connectivity index (χ2v) is 12.3. The smallest absolute Gasteiger partial charge is 0.315 e. The molecule has 1 aliphatic heterocycles. The van der Waals surface area contributed by atoms with Crippen LogP contribution < -0.4 is 9.47 Å². The second-order valence-electron chi connectivity index (χ2n) is 12.3. The zero-order chi connectivity index (χ0) is 30.9. The summed E-state index contributed by atoms with van der Waals surface area (Å²) in [4.78, 5) is 20.5. The SMILES string of the molecule is CCCCCC(=O)Oc1ccc(-c2cnc(-c3ccc4c(c3F)C(F)(F)C(CCCCCCCCCC3CC3)O4)nc2)cc1. The van der Waals surface area contributed by atoms with Gasteiger partial charge in [-0.1, -0.05) is 89.7 Å². The predicted octanol–water partition coefficient (Wildman–Crippen LogP) is 10.2. The predicted molar refractivity (Wildman–Crippen MR) is 165 cm³/mol. The van der Waals surface area contributed by atoms with Gasteiger partial charge in [-0.25, -0.2) is 14.4 Å². The fraction of sp³-hybridized carbons (Fsp3) is 0.528. The van der Waals surface area contributed by atoms with Gasteiger partial charge in [0.05, 0.1) is 5.56 Å². The zero-order valence-electron chi connectivity index (χ0n) is 25.6. The molecule has 0 amide bonds. The number of rotatable bonds is 17. The molecule has 2 aromatic carbocycles. The first-order valence-corrected chi connectivity index (χ1v) is 16.4. The molecular weight excluding hydrogens is 565 g/mol. The van der Waals surface area contributed by atoms with Crippen LogP contribution in [0.25, 0.3) is 22.5 Å². The largest absolute Gasteiger partial charge is 0.483 e. The minimum absolute atomic E-state index is 0.0167. The van der Waals surface area contributed by atoms with E-state index in [1.165, 1.54) is 63.1 Å². The Morgan fingerprint density at radius 1 is 0.864 bits per heavy atom. The van der Waals surface area contributed by atoms with Crippen LogP contribution in [0.3, 0.4) is 0 Å². The molecule has 0 saturated heterocycles. The number of hydrogen-bond donors (Lipinski definition) is 0. The fourth-order valence-electron chi connectivity index (χ4n) is 5.85. The molecular formula is C36H43F3N2O3. The molecule has 44 heavy (non-hydrogen) atoms. The number of fused-ring (bicyclic) bond motifs is 1. The summed E-state index contributed by atoms with van der Waals surface area (Å²) in [5.74, 6) is -3.40. The quantitative estimate of drug-likeness (QED) is 0.0867. The van der Waals surface area contributed by atoms with Crippen LogP contribution in [0.1, 0.15) is 109 Å². The van der Waals surface area contributed by atoms with E-state index in [9.17, 15) is 4.79 Å². The van der Waals surface area contributed by atoms with E-state index in [4.69, 9.17) is 9.47 Å². The number of halogens is 3. The van der Waals surface area contributed by atoms with Crippen molar-refractivity contribution in [2.75, 3.05) is 0 Å². The summed E-state index contributed by atoms with van der Waals surface area (Å²) in [5, 5.41) is 0. The Hall–Kier alpha value is -3.42. The lowest BCUT2D eigenvalue weighted by atomic mass is 9.97. The number of hydrogen-bond acceptors (Lipinski definition) is 5. The van der Waals surface area contributed by atoms with Crippen LogP contribution in [0.5, 0.6) is 11.5 Å². The van der Waals surface area contributed by atoms with Crippen LogP contribution in [-0.2, 0) is 10.7 Å². The molecule has 0 bridgehead atoms. The summed E-state index contributed by atoms with van der Waals surface area (Å²) in [7, 11) is 0. The molecule has 2 heterocycles. The number of esters is 1. The lowest BCUT2D eigenvalue weighted by Gasteiger charge is -2.18. The summed E-state index contributed by atoms with van der Waals surface area (Å²) >= 11 is 0. The average molecular weight is 609 g/mol. The van der Waals surface area contributed by atoms with E-state index in [1.807, 2.05) is 0 Å². The number of carbonyl (C=O) groups excluding carboxylic acids is 1. The average Bonchev–Trinajstić information content (AvgIpc) is 3.80. The van der Waals surface area contributed by atoms with Crippen molar-refractivity contribution in [2.24, 2.45) is 5.92 Å². The fourth-order valence-corrected chi connectivity index (χ4v) is 5.85. The van der Waals surface area contributed by atoms with Gasteiger partial charge in [-0.15, -0.1) is 0 Å². The van der Waals surface area contributed by atoms with Gasteiger partial charge in [-0.05, 0) is 55.0 Å². The third kappa shape index (κ3) is 8.19. The number of carbonyl (C=O) groups is 1. The number of ether oxygens (including phenoxy) is 2. The Bertz CT molecular complexity index is 1370. The van der Waals surface area contributed by atoms with E-state index in [0.717, 1.165) is 50.0 Å². The second kappa shape index (κ2) is 15.0. The van der Waals surface area contributed by atoms with Crippen molar-refractivity contribution < 1.29 is 27.4 Å². The van der Waals surface area contributed by atoms with Crippen molar-refractivity contribution in [1.29, 1.82) is 0 Å². The Labute approximate surface area is 258 Å². The Morgan fingerprint density at radius 3 is 2.18 bits per heavy atom. The number of benzene rings is 2. The van der Waals surface area contributed by atoms with Gasteiger partial charge in [0.2, 0.25) is 0 Å². The van der Waals surface area contributed by atoms with Crippen molar-refractivity contribution in [3.63, 3.8) is 0 Å². The topological polar surface area (TPSA) is 61.3 Å². The highest BCUT2D eigenvalue weighted by atomic mass is 19.3. The molecule has 1 aromatic heterocycles. The van der Waals surface area contributed by atoms with E-state index in [0.29, 0.717) is 24.2 Å². The molecule has 236 valence electrons. The van der Waals surface area contributed by atoms with Crippen molar-refractivity contribution in [1.82, 2.24) is 9.97 Å². The van der Waals surface area contributed by atoms with Gasteiger partial charge >= 0.3 is 11.9 Å². The van der Waals surface area contributed by atoms with Gasteiger partial charge in [-0.2, -0.15) is 8.78 Å². The lowest BCUT2D eigenvalue weighted by Crippen LogP contribution is -2.30. The van der Waals surface area contributed by atoms with Gasteiger partial charge < -0.3 is 9.47 Å². The van der Waals surface area contributed by atoms with Gasteiger partial charge in [0.1, 0.15) is 22.9 Å². The molecule has 0 spiro atoms. The van der Waals surface area contributed by atoms with E-state index >= 15 is 13.2 Å². The van der Waals surface area contributed by atoms with Crippen molar-refractivity contribution in [3.05, 3.63) is 60.2 Å². The standard InChI is InChI=1S/C36H43F3N2O3/c1-2-3-9-14-32(42)43-28-19-17-26(18-20-28)27-23-40-35(41-24-27)29-21-22-30-33(34(29)37)36(38,39)31(44-30)13-11-8-6-4-5-7-10-12-25-15-16-25/h17-25,31H,2-16H2,1H3. The highest BCUT2D eigenvalue weighted by molar-refractivity contribution is 5.73. The molecule has 3 aromatic rings. The molecule has 2 aliphatic rings. The van der Waals surface area contributed by atoms with Crippen molar-refractivity contribution >= 4 is 5.97 Å². The van der Waals surface area contributed by atoms with E-state index < -0.39 is 23.4 Å². The van der Waals surface area contributed by atoms with Crippen LogP contribution >= 0.6 is 0 Å². The van der Waals surface area contributed by atoms with Crippen LogP contribution in [0.4, 0.5) is 13.2 Å². The first-order chi connectivity index (χ1) is 21.4. The van der Waals surface area contributed by atoms with Gasteiger partial charge in [0.15, 0.2) is 11.9 Å². The summed E-state index contributed by atoms with van der Waals surface area (Å²) in [6, 6.07) is 9.72. The van der Waals surface area contributed by atoms with E-state index in [1.54, 1.807) is 24.3 Å². The maximum Gasteiger partial charge on any atom is 0.315 e. The van der Waals surface area contributed by atoms with Crippen molar-refractivity contribution in [3.8, 4) is 34.0 Å². The summed E-state index contributed by atoms with van der Waals surface area (Å²) in [6.07, 6.45) is 16.6. The first-order valence-electron chi connectivity index (χ1n) is 16.4. The van der Waals surface area contributed by atoms with Crippen LogP contribution in [-0.4, -0.2) is 22.0 Å². The first kappa shape index (κ1) is 32.0. The highest BCUT2D eigenvalue weighted by Crippen LogP contribution is 2.50. The molecule has 5 rings (SSSR count). The van der Waals surface area contributed by atoms with Gasteiger partial charge in [0.25, 0.3) is 0 Å². The molecule has 1 saturated carbocycles. The molecule has 8 heteroatoms. The summed E-state index contributed by atoms with van der Waals surface area (Å²) in [6.45, 7) is 2.08. The minimum atomic E-state index is -3.43. The number of nitrogens with zero attached hydrogens (tertiary/aromatic N) is 2. The normalized spacial score (nSPS) is 16.9.